The largest absolute Gasteiger partial charge is 0.338 e. The molecule has 2 N–H and O–H groups in total. The van der Waals surface area contributed by atoms with Gasteiger partial charge in [0.05, 0.1) is 0 Å². The summed E-state index contributed by atoms with van der Waals surface area (Å²) in [6.45, 7) is 4.70. The summed E-state index contributed by atoms with van der Waals surface area (Å²) >= 11 is 0. The molecule has 0 radical (unpaired) electrons. The van der Waals surface area contributed by atoms with Crippen molar-refractivity contribution in [2.45, 2.75) is 39.2 Å². The van der Waals surface area contributed by atoms with Gasteiger partial charge in [0.25, 0.3) is 0 Å². The Bertz CT molecular complexity index is 155. The van der Waals surface area contributed by atoms with Crippen molar-refractivity contribution in [3.05, 3.63) is 0 Å². The maximum atomic E-state index is 11.1. The molecule has 1 rings (SSSR count). The summed E-state index contributed by atoms with van der Waals surface area (Å²) in [6, 6.07) is 0.308. The van der Waals surface area contributed by atoms with Crippen LogP contribution in [0.1, 0.15) is 33.1 Å². The zero-order valence-electron chi connectivity index (χ0n) is 7.89. The van der Waals surface area contributed by atoms with Gasteiger partial charge in [0, 0.05) is 12.6 Å². The van der Waals surface area contributed by atoms with Gasteiger partial charge in [-0.25, -0.2) is 4.79 Å². The van der Waals surface area contributed by atoms with E-state index in [0.717, 1.165) is 0 Å². The van der Waals surface area contributed by atoms with Crippen LogP contribution in [0.5, 0.6) is 0 Å². The van der Waals surface area contributed by atoms with E-state index in [-0.39, 0.29) is 6.03 Å². The number of nitrogens with one attached hydrogen (secondary N) is 2. The van der Waals surface area contributed by atoms with E-state index in [2.05, 4.69) is 17.6 Å². The number of hydrogen-bond acceptors (Lipinski definition) is 1. The Morgan fingerprint density at radius 3 is 2.67 bits per heavy atom. The van der Waals surface area contributed by atoms with E-state index in [1.54, 1.807) is 0 Å². The van der Waals surface area contributed by atoms with Crippen molar-refractivity contribution in [2.75, 3.05) is 6.54 Å². The second-order valence-electron chi connectivity index (χ2n) is 3.48. The highest BCUT2D eigenvalue weighted by Crippen LogP contribution is 2.29. The molecule has 0 aromatic heterocycles. The number of rotatable bonds is 3. The Kier molecular flexibility index (Phi) is 3.38. The van der Waals surface area contributed by atoms with Crippen LogP contribution in [0.3, 0.4) is 0 Å². The van der Waals surface area contributed by atoms with E-state index >= 15 is 0 Å². The van der Waals surface area contributed by atoms with Crippen LogP contribution in [0.2, 0.25) is 0 Å². The third-order valence-electron chi connectivity index (χ3n) is 2.55. The highest BCUT2D eigenvalue weighted by Gasteiger charge is 2.24. The zero-order valence-corrected chi connectivity index (χ0v) is 7.89. The van der Waals surface area contributed by atoms with E-state index < -0.39 is 0 Å². The van der Waals surface area contributed by atoms with Crippen LogP contribution in [0, 0.1) is 5.92 Å². The summed E-state index contributed by atoms with van der Waals surface area (Å²) in [4.78, 5) is 11.1. The van der Waals surface area contributed by atoms with Crippen molar-refractivity contribution < 1.29 is 4.79 Å². The zero-order chi connectivity index (χ0) is 8.97. The van der Waals surface area contributed by atoms with Crippen molar-refractivity contribution in [3.63, 3.8) is 0 Å². The summed E-state index contributed by atoms with van der Waals surface area (Å²) in [5, 5.41) is 5.66. The first kappa shape index (κ1) is 9.36. The van der Waals surface area contributed by atoms with Crippen LogP contribution in [0.25, 0.3) is 0 Å². The lowest BCUT2D eigenvalue weighted by molar-refractivity contribution is 0.214. The summed E-state index contributed by atoms with van der Waals surface area (Å²) in [5.41, 5.74) is 0. The minimum Gasteiger partial charge on any atom is -0.338 e. The molecule has 0 aromatic rings. The van der Waals surface area contributed by atoms with Crippen LogP contribution in [-0.2, 0) is 0 Å². The average Bonchev–Trinajstić information content (AvgIpc) is 1.82. The summed E-state index contributed by atoms with van der Waals surface area (Å²) in [7, 11) is 0. The lowest BCUT2D eigenvalue weighted by Crippen LogP contribution is -2.45. The summed E-state index contributed by atoms with van der Waals surface area (Å²) in [6.07, 6.45) is 3.87. The lowest BCUT2D eigenvalue weighted by Gasteiger charge is -2.31. The van der Waals surface area contributed by atoms with Gasteiger partial charge >= 0.3 is 6.03 Å². The van der Waals surface area contributed by atoms with E-state index in [1.807, 2.05) is 6.92 Å². The van der Waals surface area contributed by atoms with Crippen LogP contribution in [-0.4, -0.2) is 18.6 Å². The van der Waals surface area contributed by atoms with Crippen LogP contribution in [0.4, 0.5) is 4.79 Å². The van der Waals surface area contributed by atoms with Crippen LogP contribution < -0.4 is 10.6 Å². The number of carbonyl (C=O) groups is 1. The van der Waals surface area contributed by atoms with Gasteiger partial charge in [-0.05, 0) is 32.6 Å². The highest BCUT2D eigenvalue weighted by molar-refractivity contribution is 5.74. The van der Waals surface area contributed by atoms with E-state index in [0.29, 0.717) is 18.5 Å². The normalized spacial score (nSPS) is 19.5. The Hall–Kier alpha value is -0.730. The second-order valence-corrected chi connectivity index (χ2v) is 3.48. The van der Waals surface area contributed by atoms with Crippen molar-refractivity contribution in [3.8, 4) is 0 Å². The third-order valence-corrected chi connectivity index (χ3v) is 2.55. The number of amides is 2. The molecule has 1 atom stereocenters. The van der Waals surface area contributed by atoms with Gasteiger partial charge < -0.3 is 10.6 Å². The third kappa shape index (κ3) is 2.40. The molecule has 1 aliphatic rings. The first-order valence-corrected chi connectivity index (χ1v) is 4.78. The highest BCUT2D eigenvalue weighted by atomic mass is 16.2. The van der Waals surface area contributed by atoms with Gasteiger partial charge in [-0.2, -0.15) is 0 Å². The van der Waals surface area contributed by atoms with E-state index in [9.17, 15) is 4.79 Å². The Morgan fingerprint density at radius 2 is 2.25 bits per heavy atom. The molecule has 0 heterocycles. The molecule has 2 amide bonds. The fraction of sp³-hybridized carbons (Fsp3) is 0.889. The topological polar surface area (TPSA) is 41.1 Å². The standard InChI is InChI=1S/C9H18N2O/c1-3-10-9(12)11-7(2)8-5-4-6-8/h7-8H,3-6H2,1-2H3,(H2,10,11,12). The first-order chi connectivity index (χ1) is 5.74. The molecule has 0 aliphatic heterocycles. The monoisotopic (exact) mass is 170 g/mol. The summed E-state index contributed by atoms with van der Waals surface area (Å²) in [5.74, 6) is 0.715. The molecule has 3 nitrogen and oxygen atoms in total. The Morgan fingerprint density at radius 1 is 1.58 bits per heavy atom. The van der Waals surface area contributed by atoms with Gasteiger partial charge in [0.2, 0.25) is 0 Å². The maximum Gasteiger partial charge on any atom is 0.314 e. The maximum absolute atomic E-state index is 11.1. The van der Waals surface area contributed by atoms with E-state index in [1.165, 1.54) is 19.3 Å². The molecule has 1 saturated carbocycles. The van der Waals surface area contributed by atoms with Gasteiger partial charge in [-0.1, -0.05) is 6.42 Å². The molecule has 1 fully saturated rings. The van der Waals surface area contributed by atoms with E-state index in [4.69, 9.17) is 0 Å². The van der Waals surface area contributed by atoms with Crippen molar-refractivity contribution in [1.82, 2.24) is 10.6 Å². The quantitative estimate of drug-likeness (QED) is 0.662. The summed E-state index contributed by atoms with van der Waals surface area (Å²) < 4.78 is 0. The van der Waals surface area contributed by atoms with Crippen LogP contribution >= 0.6 is 0 Å². The molecule has 0 aromatic carbocycles. The molecule has 1 aliphatic carbocycles. The SMILES string of the molecule is CCNC(=O)NC(C)C1CCC1. The van der Waals surface area contributed by atoms with Crippen LogP contribution in [0.15, 0.2) is 0 Å². The molecular formula is C9H18N2O. The number of carbonyl (C=O) groups excluding carboxylic acids is 1. The lowest BCUT2D eigenvalue weighted by atomic mass is 9.80. The second kappa shape index (κ2) is 4.33. The Labute approximate surface area is 73.9 Å². The van der Waals surface area contributed by atoms with Crippen molar-refractivity contribution in [2.24, 2.45) is 5.92 Å². The minimum atomic E-state index is -0.0306. The molecule has 0 bridgehead atoms. The Balaban J connectivity index is 2.15. The predicted octanol–water partition coefficient (Wildman–Crippen LogP) is 1.49. The van der Waals surface area contributed by atoms with Gasteiger partial charge in [-0.3, -0.25) is 0 Å². The molecular weight excluding hydrogens is 152 g/mol. The minimum absolute atomic E-state index is 0.0306. The number of urea groups is 1. The predicted molar refractivity (Wildman–Crippen MR) is 49.0 cm³/mol. The molecule has 0 spiro atoms. The number of hydrogen-bond donors (Lipinski definition) is 2. The molecule has 70 valence electrons. The fourth-order valence-corrected chi connectivity index (χ4v) is 1.48. The fourth-order valence-electron chi connectivity index (χ4n) is 1.48. The first-order valence-electron chi connectivity index (χ1n) is 4.78. The van der Waals surface area contributed by atoms with Gasteiger partial charge in [0.1, 0.15) is 0 Å². The molecule has 0 saturated heterocycles. The average molecular weight is 170 g/mol. The van der Waals surface area contributed by atoms with Crippen molar-refractivity contribution in [1.29, 1.82) is 0 Å². The van der Waals surface area contributed by atoms with Gasteiger partial charge in [-0.15, -0.1) is 0 Å². The molecule has 12 heavy (non-hydrogen) atoms. The smallest absolute Gasteiger partial charge is 0.314 e. The molecule has 1 unspecified atom stereocenters. The molecule has 3 heteroatoms. The van der Waals surface area contributed by atoms with Crippen molar-refractivity contribution >= 4 is 6.03 Å². The van der Waals surface area contributed by atoms with Gasteiger partial charge in [0.15, 0.2) is 0 Å².